The zero-order valence-electron chi connectivity index (χ0n) is 13.9. The van der Waals surface area contributed by atoms with Gasteiger partial charge in [0.1, 0.15) is 18.0 Å². The number of hydrogen-bond donors (Lipinski definition) is 0. The van der Waals surface area contributed by atoms with E-state index in [1.165, 1.54) is 17.0 Å². The summed E-state index contributed by atoms with van der Waals surface area (Å²) < 4.78 is 15.0. The Morgan fingerprint density at radius 2 is 2.00 bits per heavy atom. The van der Waals surface area contributed by atoms with Crippen LogP contribution in [0.4, 0.5) is 10.2 Å². The molecule has 130 valence electrons. The molecule has 0 N–H and O–H groups in total. The van der Waals surface area contributed by atoms with Crippen molar-refractivity contribution >= 4 is 28.2 Å². The lowest BCUT2D eigenvalue weighted by atomic mass is 10.2. The van der Waals surface area contributed by atoms with Crippen LogP contribution < -0.4 is 4.90 Å². The highest BCUT2D eigenvalue weighted by Crippen LogP contribution is 2.39. The van der Waals surface area contributed by atoms with E-state index in [0.717, 1.165) is 41.9 Å². The molecule has 1 unspecified atom stereocenters. The molecule has 0 bridgehead atoms. The van der Waals surface area contributed by atoms with Crippen molar-refractivity contribution in [3.05, 3.63) is 65.0 Å². The van der Waals surface area contributed by atoms with Crippen molar-refractivity contribution in [2.24, 2.45) is 0 Å². The van der Waals surface area contributed by atoms with Crippen LogP contribution in [-0.2, 0) is 0 Å². The Balaban J connectivity index is 1.60. The minimum absolute atomic E-state index is 0.267. The summed E-state index contributed by atoms with van der Waals surface area (Å²) in [6, 6.07) is 10.9. The molecule has 1 fully saturated rings. The maximum atomic E-state index is 13.2. The highest BCUT2D eigenvalue weighted by Gasteiger charge is 2.29. The molecule has 0 spiro atoms. The fraction of sp³-hybridized carbons (Fsp3) is 0.211. The average Bonchev–Trinajstić information content (AvgIpc) is 3.41. The maximum absolute atomic E-state index is 13.2. The molecule has 1 aliphatic heterocycles. The van der Waals surface area contributed by atoms with Gasteiger partial charge in [0, 0.05) is 11.4 Å². The van der Waals surface area contributed by atoms with Crippen LogP contribution in [0.25, 0.3) is 16.7 Å². The standard InChI is InChI=1S/C19H16FN5S/c20-13-5-7-14(8-6-13)25-19-15(11-23-25)18(21-12-22-19)24-9-1-3-16(24)17-4-2-10-26-17/h2,4-8,10-12,16H,1,3,9H2. The molecule has 0 radical (unpaired) electrons. The second kappa shape index (κ2) is 6.17. The molecule has 7 heteroatoms. The number of benzene rings is 1. The Bertz CT molecular complexity index is 1040. The van der Waals surface area contributed by atoms with E-state index in [4.69, 9.17) is 0 Å². The maximum Gasteiger partial charge on any atom is 0.168 e. The van der Waals surface area contributed by atoms with E-state index in [1.54, 1.807) is 40.7 Å². The topological polar surface area (TPSA) is 46.8 Å². The van der Waals surface area contributed by atoms with Gasteiger partial charge in [0.15, 0.2) is 5.65 Å². The molecule has 4 aromatic rings. The van der Waals surface area contributed by atoms with Gasteiger partial charge < -0.3 is 4.90 Å². The second-order valence-corrected chi connectivity index (χ2v) is 7.31. The number of aromatic nitrogens is 4. The summed E-state index contributed by atoms with van der Waals surface area (Å²) in [6.07, 6.45) is 5.65. The normalized spacial score (nSPS) is 17.3. The summed E-state index contributed by atoms with van der Waals surface area (Å²) in [5.41, 5.74) is 1.51. The number of nitrogens with zero attached hydrogens (tertiary/aromatic N) is 5. The fourth-order valence-electron chi connectivity index (χ4n) is 3.63. The highest BCUT2D eigenvalue weighted by atomic mass is 32.1. The smallest absolute Gasteiger partial charge is 0.168 e. The molecule has 1 aliphatic rings. The lowest BCUT2D eigenvalue weighted by Gasteiger charge is -2.25. The van der Waals surface area contributed by atoms with Crippen molar-refractivity contribution in [3.8, 4) is 5.69 Å². The SMILES string of the molecule is Fc1ccc(-n2ncc3c(N4CCCC4c4cccs4)ncnc32)cc1. The second-order valence-electron chi connectivity index (χ2n) is 6.33. The molecule has 4 heterocycles. The first kappa shape index (κ1) is 15.5. The molecular formula is C19H16FN5S. The third kappa shape index (κ3) is 2.47. The first-order valence-corrected chi connectivity index (χ1v) is 9.44. The van der Waals surface area contributed by atoms with Gasteiger partial charge in [0.05, 0.1) is 23.3 Å². The summed E-state index contributed by atoms with van der Waals surface area (Å²) in [7, 11) is 0. The van der Waals surface area contributed by atoms with Gasteiger partial charge >= 0.3 is 0 Å². The van der Waals surface area contributed by atoms with E-state index >= 15 is 0 Å². The largest absolute Gasteiger partial charge is 0.348 e. The number of hydrogen-bond acceptors (Lipinski definition) is 5. The summed E-state index contributed by atoms with van der Waals surface area (Å²) in [5.74, 6) is 0.649. The van der Waals surface area contributed by atoms with Crippen molar-refractivity contribution in [3.63, 3.8) is 0 Å². The number of thiophene rings is 1. The molecule has 1 atom stereocenters. The minimum atomic E-state index is -0.267. The van der Waals surface area contributed by atoms with Gasteiger partial charge in [-0.2, -0.15) is 5.10 Å². The summed E-state index contributed by atoms with van der Waals surface area (Å²) in [4.78, 5) is 12.7. The van der Waals surface area contributed by atoms with Crippen molar-refractivity contribution < 1.29 is 4.39 Å². The molecule has 5 nitrogen and oxygen atoms in total. The molecule has 0 saturated carbocycles. The Morgan fingerprint density at radius 3 is 2.81 bits per heavy atom. The number of halogens is 1. The van der Waals surface area contributed by atoms with Crippen LogP contribution in [0.3, 0.4) is 0 Å². The highest BCUT2D eigenvalue weighted by molar-refractivity contribution is 7.10. The van der Waals surface area contributed by atoms with E-state index in [1.807, 2.05) is 0 Å². The Labute approximate surface area is 153 Å². The van der Waals surface area contributed by atoms with Crippen LogP contribution in [0.15, 0.2) is 54.3 Å². The first-order chi connectivity index (χ1) is 12.8. The zero-order valence-corrected chi connectivity index (χ0v) is 14.7. The van der Waals surface area contributed by atoms with Gasteiger partial charge in [-0.1, -0.05) is 6.07 Å². The number of fused-ring (bicyclic) bond motifs is 1. The molecule has 0 aliphatic carbocycles. The monoisotopic (exact) mass is 365 g/mol. The Hall–Kier alpha value is -2.80. The Morgan fingerprint density at radius 1 is 1.12 bits per heavy atom. The molecule has 3 aromatic heterocycles. The van der Waals surface area contributed by atoms with Crippen LogP contribution in [0.1, 0.15) is 23.8 Å². The van der Waals surface area contributed by atoms with Crippen LogP contribution in [-0.4, -0.2) is 26.3 Å². The third-order valence-electron chi connectivity index (χ3n) is 4.81. The predicted octanol–water partition coefficient (Wildman–Crippen LogP) is 4.36. The van der Waals surface area contributed by atoms with E-state index in [0.29, 0.717) is 6.04 Å². The Kier molecular flexibility index (Phi) is 3.67. The molecule has 5 rings (SSSR count). The lowest BCUT2D eigenvalue weighted by Crippen LogP contribution is -2.23. The fourth-order valence-corrected chi connectivity index (χ4v) is 4.50. The van der Waals surface area contributed by atoms with Crippen LogP contribution in [0, 0.1) is 5.82 Å². The summed E-state index contributed by atoms with van der Waals surface area (Å²) in [5, 5.41) is 7.52. The van der Waals surface area contributed by atoms with Crippen LogP contribution in [0.5, 0.6) is 0 Å². The van der Waals surface area contributed by atoms with Gasteiger partial charge in [0.2, 0.25) is 0 Å². The van der Waals surface area contributed by atoms with Gasteiger partial charge in [-0.15, -0.1) is 11.3 Å². The van der Waals surface area contributed by atoms with Crippen molar-refractivity contribution in [1.82, 2.24) is 19.7 Å². The third-order valence-corrected chi connectivity index (χ3v) is 5.79. The van der Waals surface area contributed by atoms with E-state index in [-0.39, 0.29) is 5.82 Å². The van der Waals surface area contributed by atoms with Gasteiger partial charge in [-0.3, -0.25) is 0 Å². The van der Waals surface area contributed by atoms with Crippen molar-refractivity contribution in [2.45, 2.75) is 18.9 Å². The van der Waals surface area contributed by atoms with E-state index < -0.39 is 0 Å². The minimum Gasteiger partial charge on any atom is -0.348 e. The van der Waals surface area contributed by atoms with Crippen molar-refractivity contribution in [2.75, 3.05) is 11.4 Å². The lowest BCUT2D eigenvalue weighted by molar-refractivity contribution is 0.627. The molecular weight excluding hydrogens is 349 g/mol. The quantitative estimate of drug-likeness (QED) is 0.541. The molecule has 0 amide bonds. The van der Waals surface area contributed by atoms with Gasteiger partial charge in [0.25, 0.3) is 0 Å². The van der Waals surface area contributed by atoms with E-state index in [2.05, 4.69) is 37.5 Å². The van der Waals surface area contributed by atoms with Crippen LogP contribution in [0.2, 0.25) is 0 Å². The van der Waals surface area contributed by atoms with Crippen LogP contribution >= 0.6 is 11.3 Å². The number of rotatable bonds is 3. The number of anilines is 1. The molecule has 1 aromatic carbocycles. The summed E-state index contributed by atoms with van der Waals surface area (Å²) in [6.45, 7) is 0.969. The van der Waals surface area contributed by atoms with Gasteiger partial charge in [-0.05, 0) is 48.6 Å². The first-order valence-electron chi connectivity index (χ1n) is 8.56. The van der Waals surface area contributed by atoms with Crippen molar-refractivity contribution in [1.29, 1.82) is 0 Å². The average molecular weight is 365 g/mol. The molecule has 26 heavy (non-hydrogen) atoms. The predicted molar refractivity (Wildman–Crippen MR) is 100 cm³/mol. The van der Waals surface area contributed by atoms with E-state index in [9.17, 15) is 4.39 Å². The zero-order chi connectivity index (χ0) is 17.5. The molecule has 1 saturated heterocycles. The summed E-state index contributed by atoms with van der Waals surface area (Å²) >= 11 is 1.79. The van der Waals surface area contributed by atoms with Gasteiger partial charge in [-0.25, -0.2) is 19.0 Å².